The molecule has 0 aliphatic heterocycles. The van der Waals surface area contributed by atoms with Crippen molar-refractivity contribution in [2.24, 2.45) is 0 Å². The summed E-state index contributed by atoms with van der Waals surface area (Å²) in [7, 11) is 1.63. The van der Waals surface area contributed by atoms with Gasteiger partial charge in [0.05, 0.1) is 13.7 Å². The number of benzene rings is 3. The number of rotatable bonds is 8. The van der Waals surface area contributed by atoms with Crippen molar-refractivity contribution in [3.8, 4) is 16.9 Å². The Balaban J connectivity index is 1.42. The summed E-state index contributed by atoms with van der Waals surface area (Å²) in [6.45, 7) is 0.453. The lowest BCUT2D eigenvalue weighted by Crippen LogP contribution is -2.37. The quantitative estimate of drug-likeness (QED) is 0.621. The molecule has 0 fully saturated rings. The minimum absolute atomic E-state index is 0.0537. The SMILES string of the molecule is COc1ccc(CCNC(=O)CNC(=O)c2ccc(-c3ccccc3)cc2)cc1. The second kappa shape index (κ2) is 10.1. The van der Waals surface area contributed by atoms with Crippen LogP contribution in [0.25, 0.3) is 11.1 Å². The molecule has 0 heterocycles. The van der Waals surface area contributed by atoms with Gasteiger partial charge in [-0.3, -0.25) is 9.59 Å². The minimum Gasteiger partial charge on any atom is -0.497 e. The van der Waals surface area contributed by atoms with Crippen molar-refractivity contribution in [2.45, 2.75) is 6.42 Å². The van der Waals surface area contributed by atoms with Crippen molar-refractivity contribution in [1.82, 2.24) is 10.6 Å². The van der Waals surface area contributed by atoms with Gasteiger partial charge in [-0.1, -0.05) is 54.6 Å². The second-order valence-electron chi connectivity index (χ2n) is 6.57. The molecule has 3 aromatic rings. The summed E-state index contributed by atoms with van der Waals surface area (Å²) in [5.74, 6) is 0.319. The second-order valence-corrected chi connectivity index (χ2v) is 6.57. The van der Waals surface area contributed by atoms with Gasteiger partial charge in [0.25, 0.3) is 5.91 Å². The van der Waals surface area contributed by atoms with E-state index in [1.54, 1.807) is 19.2 Å². The minimum atomic E-state index is -0.269. The molecule has 3 rings (SSSR count). The van der Waals surface area contributed by atoms with Gasteiger partial charge in [0.15, 0.2) is 0 Å². The smallest absolute Gasteiger partial charge is 0.251 e. The van der Waals surface area contributed by atoms with E-state index in [1.807, 2.05) is 66.7 Å². The summed E-state index contributed by atoms with van der Waals surface area (Å²) in [6.07, 6.45) is 0.713. The van der Waals surface area contributed by atoms with E-state index in [-0.39, 0.29) is 18.4 Å². The highest BCUT2D eigenvalue weighted by atomic mass is 16.5. The van der Waals surface area contributed by atoms with Crippen molar-refractivity contribution < 1.29 is 14.3 Å². The molecule has 0 aliphatic carbocycles. The molecule has 0 unspecified atom stereocenters. The monoisotopic (exact) mass is 388 g/mol. The summed E-state index contributed by atoms with van der Waals surface area (Å²) in [5.41, 5.74) is 3.76. The van der Waals surface area contributed by atoms with Crippen LogP contribution in [0.15, 0.2) is 78.9 Å². The number of hydrogen-bond acceptors (Lipinski definition) is 3. The highest BCUT2D eigenvalue weighted by molar-refractivity contribution is 5.96. The Labute approximate surface area is 170 Å². The van der Waals surface area contributed by atoms with Gasteiger partial charge >= 0.3 is 0 Å². The molecule has 0 aliphatic rings. The average Bonchev–Trinajstić information content (AvgIpc) is 2.78. The molecular weight excluding hydrogens is 364 g/mol. The number of carbonyl (C=O) groups is 2. The number of ether oxygens (including phenoxy) is 1. The Morgan fingerprint density at radius 2 is 1.45 bits per heavy atom. The van der Waals surface area contributed by atoms with E-state index in [0.29, 0.717) is 18.5 Å². The van der Waals surface area contributed by atoms with Gasteiger partial charge in [-0.2, -0.15) is 0 Å². The van der Waals surface area contributed by atoms with Gasteiger partial charge in [0, 0.05) is 12.1 Å². The molecule has 5 nitrogen and oxygen atoms in total. The van der Waals surface area contributed by atoms with Crippen molar-refractivity contribution in [2.75, 3.05) is 20.2 Å². The fourth-order valence-corrected chi connectivity index (χ4v) is 2.91. The summed E-state index contributed by atoms with van der Waals surface area (Å²) in [4.78, 5) is 24.2. The number of carbonyl (C=O) groups excluding carboxylic acids is 2. The molecule has 3 aromatic carbocycles. The highest BCUT2D eigenvalue weighted by Crippen LogP contribution is 2.19. The molecule has 29 heavy (non-hydrogen) atoms. The third kappa shape index (κ3) is 5.94. The zero-order valence-electron chi connectivity index (χ0n) is 16.4. The largest absolute Gasteiger partial charge is 0.497 e. The Morgan fingerprint density at radius 1 is 0.793 bits per heavy atom. The lowest BCUT2D eigenvalue weighted by atomic mass is 10.0. The molecule has 2 amide bonds. The van der Waals surface area contributed by atoms with E-state index in [2.05, 4.69) is 10.6 Å². The van der Waals surface area contributed by atoms with Crippen LogP contribution in [0, 0.1) is 0 Å². The summed E-state index contributed by atoms with van der Waals surface area (Å²) in [6, 6.07) is 25.0. The van der Waals surface area contributed by atoms with Crippen LogP contribution < -0.4 is 15.4 Å². The molecule has 0 radical (unpaired) electrons. The zero-order chi connectivity index (χ0) is 20.5. The van der Waals surface area contributed by atoms with Crippen LogP contribution in [-0.2, 0) is 11.2 Å². The fraction of sp³-hybridized carbons (Fsp3) is 0.167. The molecule has 0 saturated carbocycles. The number of methoxy groups -OCH3 is 1. The van der Waals surface area contributed by atoms with Gasteiger partial charge in [-0.25, -0.2) is 0 Å². The fourth-order valence-electron chi connectivity index (χ4n) is 2.91. The average molecular weight is 388 g/mol. The highest BCUT2D eigenvalue weighted by Gasteiger charge is 2.08. The number of nitrogens with one attached hydrogen (secondary N) is 2. The predicted molar refractivity (Wildman–Crippen MR) is 114 cm³/mol. The first kappa shape index (κ1) is 20.1. The Morgan fingerprint density at radius 3 is 2.10 bits per heavy atom. The Kier molecular flexibility index (Phi) is 7.00. The molecule has 5 heteroatoms. The Bertz CT molecular complexity index is 936. The van der Waals surface area contributed by atoms with Crippen molar-refractivity contribution in [1.29, 1.82) is 0 Å². The normalized spacial score (nSPS) is 10.2. The van der Waals surface area contributed by atoms with Gasteiger partial charge in [0.1, 0.15) is 5.75 Å². The van der Waals surface area contributed by atoms with Crippen LogP contribution in [0.5, 0.6) is 5.75 Å². The first-order valence-electron chi connectivity index (χ1n) is 9.49. The van der Waals surface area contributed by atoms with Crippen LogP contribution in [0.3, 0.4) is 0 Å². The zero-order valence-corrected chi connectivity index (χ0v) is 16.4. The van der Waals surface area contributed by atoms with E-state index in [1.165, 1.54) is 0 Å². The first-order chi connectivity index (χ1) is 14.2. The maximum absolute atomic E-state index is 12.2. The van der Waals surface area contributed by atoms with Crippen molar-refractivity contribution in [3.63, 3.8) is 0 Å². The standard InChI is InChI=1S/C24H24N2O3/c1-29-22-13-7-18(8-14-22)15-16-25-23(27)17-26-24(28)21-11-9-20(10-12-21)19-5-3-2-4-6-19/h2-14H,15-17H2,1H3,(H,25,27)(H,26,28). The van der Waals surface area contributed by atoms with Gasteiger partial charge in [-0.15, -0.1) is 0 Å². The molecule has 0 saturated heterocycles. The molecule has 0 spiro atoms. The van der Waals surface area contributed by atoms with E-state index >= 15 is 0 Å². The molecule has 0 bridgehead atoms. The van der Waals surface area contributed by atoms with Crippen LogP contribution in [0.1, 0.15) is 15.9 Å². The molecule has 2 N–H and O–H groups in total. The molecule has 148 valence electrons. The number of amides is 2. The van der Waals surface area contributed by atoms with E-state index < -0.39 is 0 Å². The van der Waals surface area contributed by atoms with Gasteiger partial charge in [0.2, 0.25) is 5.91 Å². The maximum atomic E-state index is 12.2. The number of hydrogen-bond donors (Lipinski definition) is 2. The maximum Gasteiger partial charge on any atom is 0.251 e. The third-order valence-corrected chi connectivity index (χ3v) is 4.56. The van der Waals surface area contributed by atoms with Crippen LogP contribution in [0.4, 0.5) is 0 Å². The van der Waals surface area contributed by atoms with Crippen LogP contribution in [0.2, 0.25) is 0 Å². The molecule has 0 aromatic heterocycles. The van der Waals surface area contributed by atoms with Crippen LogP contribution >= 0.6 is 0 Å². The van der Waals surface area contributed by atoms with Crippen LogP contribution in [-0.4, -0.2) is 32.0 Å². The summed E-state index contributed by atoms with van der Waals surface area (Å²) >= 11 is 0. The van der Waals surface area contributed by atoms with Gasteiger partial charge in [-0.05, 0) is 47.4 Å². The lowest BCUT2D eigenvalue weighted by Gasteiger charge is -2.08. The van der Waals surface area contributed by atoms with Crippen molar-refractivity contribution in [3.05, 3.63) is 90.0 Å². The summed E-state index contributed by atoms with van der Waals surface area (Å²) in [5, 5.41) is 5.47. The van der Waals surface area contributed by atoms with E-state index in [4.69, 9.17) is 4.74 Å². The predicted octanol–water partition coefficient (Wildman–Crippen LogP) is 3.45. The Hall–Kier alpha value is -3.60. The van der Waals surface area contributed by atoms with Gasteiger partial charge < -0.3 is 15.4 Å². The third-order valence-electron chi connectivity index (χ3n) is 4.56. The topological polar surface area (TPSA) is 67.4 Å². The summed E-state index contributed by atoms with van der Waals surface area (Å²) < 4.78 is 5.12. The van der Waals surface area contributed by atoms with Crippen molar-refractivity contribution >= 4 is 11.8 Å². The first-order valence-corrected chi connectivity index (χ1v) is 9.49. The van der Waals surface area contributed by atoms with E-state index in [9.17, 15) is 9.59 Å². The lowest BCUT2D eigenvalue weighted by molar-refractivity contribution is -0.120. The molecular formula is C24H24N2O3. The van der Waals surface area contributed by atoms with E-state index in [0.717, 1.165) is 22.4 Å². The molecule has 0 atom stereocenters.